The molecule has 1 aliphatic rings. The Labute approximate surface area is 202 Å². The summed E-state index contributed by atoms with van der Waals surface area (Å²) in [5, 5.41) is 13.9. The van der Waals surface area contributed by atoms with Crippen LogP contribution in [0.15, 0.2) is 17.1 Å². The van der Waals surface area contributed by atoms with Crippen molar-refractivity contribution in [2.75, 3.05) is 31.7 Å². The first kappa shape index (κ1) is 25.5. The average molecular weight is 510 g/mol. The summed E-state index contributed by atoms with van der Waals surface area (Å²) in [6.45, 7) is 4.28. The number of amides is 1. The van der Waals surface area contributed by atoms with Crippen LogP contribution in [-0.4, -0.2) is 55.4 Å². The molecule has 1 N–H and O–H groups in total. The Morgan fingerprint density at radius 1 is 1.15 bits per heavy atom. The van der Waals surface area contributed by atoms with E-state index in [0.717, 1.165) is 22.7 Å². The molecule has 13 heteroatoms. The van der Waals surface area contributed by atoms with Gasteiger partial charge in [-0.25, -0.2) is 14.6 Å². The highest BCUT2D eigenvalue weighted by Crippen LogP contribution is 2.41. The zero-order valence-corrected chi connectivity index (χ0v) is 20.2. The van der Waals surface area contributed by atoms with Gasteiger partial charge < -0.3 is 19.5 Å². The van der Waals surface area contributed by atoms with Crippen LogP contribution in [0.2, 0.25) is 0 Å². The minimum absolute atomic E-state index is 0.0565. The van der Waals surface area contributed by atoms with Crippen LogP contribution in [0.25, 0.3) is 0 Å². The van der Waals surface area contributed by atoms with E-state index in [4.69, 9.17) is 14.2 Å². The Morgan fingerprint density at radius 2 is 1.79 bits per heavy atom. The van der Waals surface area contributed by atoms with Crippen molar-refractivity contribution in [2.24, 2.45) is 10.9 Å². The van der Waals surface area contributed by atoms with Gasteiger partial charge in [-0.05, 0) is 32.8 Å². The molecule has 0 atom stereocenters. The number of nitrogens with one attached hydrogen (secondary N) is 1. The van der Waals surface area contributed by atoms with Crippen molar-refractivity contribution in [1.82, 2.24) is 0 Å². The van der Waals surface area contributed by atoms with Gasteiger partial charge in [0.05, 0.1) is 23.0 Å². The number of hydrogen-bond donors (Lipinski definition) is 1. The summed E-state index contributed by atoms with van der Waals surface area (Å²) in [4.78, 5) is 53.6. The highest BCUT2D eigenvalue weighted by Gasteiger charge is 2.32. The standard InChI is InChI=1S/C21H23N3O8S2/c1-3-31-20(26)15-16(21(27)32-4-2)19(23-17(25)12-7-9-30-10-8-12)34-18(15)22-11-13-5-6-14(33-13)24(28)29/h5-6,11-12H,3-4,7-10H2,1-2H3,(H,23,25). The number of hydrogen-bond acceptors (Lipinski definition) is 11. The van der Waals surface area contributed by atoms with Crippen LogP contribution >= 0.6 is 22.7 Å². The van der Waals surface area contributed by atoms with E-state index in [1.807, 2.05) is 0 Å². The van der Waals surface area contributed by atoms with E-state index in [-0.39, 0.29) is 51.2 Å². The number of nitrogens with zero attached hydrogens (tertiary/aromatic N) is 2. The molecule has 1 saturated heterocycles. The molecule has 3 rings (SSSR count). The van der Waals surface area contributed by atoms with E-state index in [9.17, 15) is 24.5 Å². The quantitative estimate of drug-likeness (QED) is 0.229. The molecule has 2 aromatic heterocycles. The number of ether oxygens (including phenoxy) is 3. The molecule has 0 saturated carbocycles. The van der Waals surface area contributed by atoms with Crippen molar-refractivity contribution in [3.8, 4) is 0 Å². The lowest BCUT2D eigenvalue weighted by molar-refractivity contribution is -0.380. The summed E-state index contributed by atoms with van der Waals surface area (Å²) in [6, 6.07) is 2.86. The summed E-state index contributed by atoms with van der Waals surface area (Å²) in [5.41, 5.74) is -0.259. The number of nitro groups is 1. The summed E-state index contributed by atoms with van der Waals surface area (Å²) in [5.74, 6) is -2.18. The predicted molar refractivity (Wildman–Crippen MR) is 127 cm³/mol. The van der Waals surface area contributed by atoms with Crippen LogP contribution in [0, 0.1) is 16.0 Å². The number of esters is 2. The molecule has 0 spiro atoms. The van der Waals surface area contributed by atoms with Crippen LogP contribution in [0.1, 0.15) is 52.3 Å². The van der Waals surface area contributed by atoms with Crippen molar-refractivity contribution in [3.63, 3.8) is 0 Å². The third kappa shape index (κ3) is 6.04. The fourth-order valence-electron chi connectivity index (χ4n) is 3.19. The van der Waals surface area contributed by atoms with E-state index in [1.165, 1.54) is 18.3 Å². The fourth-order valence-corrected chi connectivity index (χ4v) is 4.91. The second kappa shape index (κ2) is 11.8. The maximum atomic E-state index is 12.8. The lowest BCUT2D eigenvalue weighted by Crippen LogP contribution is -2.29. The first-order valence-electron chi connectivity index (χ1n) is 10.5. The first-order chi connectivity index (χ1) is 16.3. The van der Waals surface area contributed by atoms with Crippen molar-refractivity contribution in [2.45, 2.75) is 26.7 Å². The molecule has 182 valence electrons. The Balaban J connectivity index is 2.03. The molecule has 1 aliphatic heterocycles. The zero-order valence-electron chi connectivity index (χ0n) is 18.5. The number of rotatable bonds is 9. The van der Waals surface area contributed by atoms with E-state index >= 15 is 0 Å². The van der Waals surface area contributed by atoms with Crippen LogP contribution in [-0.2, 0) is 19.0 Å². The van der Waals surface area contributed by atoms with Gasteiger partial charge in [-0.2, -0.15) is 0 Å². The van der Waals surface area contributed by atoms with Gasteiger partial charge in [0.15, 0.2) is 0 Å². The van der Waals surface area contributed by atoms with E-state index in [2.05, 4.69) is 10.3 Å². The third-order valence-corrected chi connectivity index (χ3v) is 6.76. The summed E-state index contributed by atoms with van der Waals surface area (Å²) >= 11 is 1.83. The van der Waals surface area contributed by atoms with Gasteiger partial charge in [-0.15, -0.1) is 0 Å². The number of anilines is 1. The molecule has 0 bridgehead atoms. The number of carbonyl (C=O) groups is 3. The normalized spacial score (nSPS) is 14.2. The SMILES string of the molecule is CCOC(=O)c1c(N=Cc2ccc([N+](=O)[O-])s2)sc(NC(=O)C2CCOCC2)c1C(=O)OCC. The molecular formula is C21H23N3O8S2. The van der Waals surface area contributed by atoms with E-state index in [1.54, 1.807) is 13.8 Å². The monoisotopic (exact) mass is 509 g/mol. The molecule has 0 unspecified atom stereocenters. The van der Waals surface area contributed by atoms with Gasteiger partial charge in [-0.3, -0.25) is 14.9 Å². The molecular weight excluding hydrogens is 486 g/mol. The van der Waals surface area contributed by atoms with Gasteiger partial charge in [0, 0.05) is 31.4 Å². The van der Waals surface area contributed by atoms with Crippen LogP contribution in [0.3, 0.4) is 0 Å². The summed E-state index contributed by atoms with van der Waals surface area (Å²) in [6.07, 6.45) is 2.43. The van der Waals surface area contributed by atoms with Crippen molar-refractivity contribution in [3.05, 3.63) is 38.3 Å². The maximum Gasteiger partial charge on any atom is 0.342 e. The average Bonchev–Trinajstić information content (AvgIpc) is 3.43. The third-order valence-electron chi connectivity index (χ3n) is 4.78. The van der Waals surface area contributed by atoms with Crippen LogP contribution in [0.5, 0.6) is 0 Å². The van der Waals surface area contributed by atoms with Gasteiger partial charge in [0.1, 0.15) is 21.1 Å². The maximum absolute atomic E-state index is 12.8. The summed E-state index contributed by atoms with van der Waals surface area (Å²) < 4.78 is 15.6. The number of carbonyl (C=O) groups excluding carboxylic acids is 3. The van der Waals surface area contributed by atoms with Gasteiger partial charge in [-0.1, -0.05) is 22.7 Å². The Hall–Kier alpha value is -3.16. The van der Waals surface area contributed by atoms with Crippen molar-refractivity contribution >= 4 is 61.7 Å². The van der Waals surface area contributed by atoms with Crippen molar-refractivity contribution in [1.29, 1.82) is 0 Å². The summed E-state index contributed by atoms with van der Waals surface area (Å²) in [7, 11) is 0. The second-order valence-electron chi connectivity index (χ2n) is 6.99. The minimum atomic E-state index is -0.794. The van der Waals surface area contributed by atoms with Gasteiger partial charge >= 0.3 is 16.9 Å². The number of aliphatic imine (C=N–C) groups is 1. The molecule has 11 nitrogen and oxygen atoms in total. The Kier molecular flexibility index (Phi) is 8.85. The minimum Gasteiger partial charge on any atom is -0.462 e. The van der Waals surface area contributed by atoms with Crippen molar-refractivity contribution < 1.29 is 33.5 Å². The molecule has 2 aromatic rings. The molecule has 0 radical (unpaired) electrons. The second-order valence-corrected chi connectivity index (χ2v) is 9.09. The van der Waals surface area contributed by atoms with E-state index < -0.39 is 16.9 Å². The Morgan fingerprint density at radius 3 is 2.38 bits per heavy atom. The molecule has 34 heavy (non-hydrogen) atoms. The smallest absolute Gasteiger partial charge is 0.342 e. The lowest BCUT2D eigenvalue weighted by atomic mass is 9.99. The largest absolute Gasteiger partial charge is 0.462 e. The lowest BCUT2D eigenvalue weighted by Gasteiger charge is -2.21. The van der Waals surface area contributed by atoms with E-state index in [0.29, 0.717) is 30.9 Å². The molecule has 1 fully saturated rings. The number of thiophene rings is 2. The highest BCUT2D eigenvalue weighted by molar-refractivity contribution is 7.21. The molecule has 0 aliphatic carbocycles. The fraction of sp³-hybridized carbons (Fsp3) is 0.429. The predicted octanol–water partition coefficient (Wildman–Crippen LogP) is 4.19. The van der Waals surface area contributed by atoms with Gasteiger partial charge in [0.25, 0.3) is 0 Å². The van der Waals surface area contributed by atoms with Gasteiger partial charge in [0.2, 0.25) is 5.91 Å². The van der Waals surface area contributed by atoms with Crippen LogP contribution in [0.4, 0.5) is 15.0 Å². The molecule has 0 aromatic carbocycles. The molecule has 1 amide bonds. The Bertz CT molecular complexity index is 1100. The highest BCUT2D eigenvalue weighted by atomic mass is 32.1. The zero-order chi connectivity index (χ0) is 24.7. The topological polar surface area (TPSA) is 146 Å². The van der Waals surface area contributed by atoms with Crippen LogP contribution < -0.4 is 5.32 Å². The molecule has 3 heterocycles. The first-order valence-corrected chi connectivity index (χ1v) is 12.2.